The zero-order valence-corrected chi connectivity index (χ0v) is 18.0. The van der Waals surface area contributed by atoms with Crippen LogP contribution in [0.4, 0.5) is 0 Å². The molecule has 6 heteroatoms. The molecule has 0 radical (unpaired) electrons. The molecule has 0 saturated carbocycles. The Morgan fingerprint density at radius 1 is 1.07 bits per heavy atom. The summed E-state index contributed by atoms with van der Waals surface area (Å²) in [4.78, 5) is 18.9. The predicted molar refractivity (Wildman–Crippen MR) is 112 cm³/mol. The van der Waals surface area contributed by atoms with Crippen LogP contribution >= 0.6 is 0 Å². The Bertz CT molecular complexity index is 727. The van der Waals surface area contributed by atoms with Crippen molar-refractivity contribution < 1.29 is 9.32 Å². The van der Waals surface area contributed by atoms with Gasteiger partial charge in [-0.1, -0.05) is 43.3 Å². The Labute approximate surface area is 168 Å². The highest BCUT2D eigenvalue weighted by Crippen LogP contribution is 2.20. The summed E-state index contributed by atoms with van der Waals surface area (Å²) < 4.78 is 5.30. The molecular formula is C22H34N4O2. The molecular weight excluding hydrogens is 352 g/mol. The van der Waals surface area contributed by atoms with Crippen molar-refractivity contribution in [3.8, 4) is 11.4 Å². The Balaban J connectivity index is 1.79. The monoisotopic (exact) mass is 386 g/mol. The molecule has 6 nitrogen and oxygen atoms in total. The van der Waals surface area contributed by atoms with Gasteiger partial charge in [0.2, 0.25) is 17.6 Å². The molecule has 1 N–H and O–H groups in total. The molecule has 0 unspecified atom stereocenters. The van der Waals surface area contributed by atoms with Crippen molar-refractivity contribution >= 4 is 5.91 Å². The highest BCUT2D eigenvalue weighted by molar-refractivity contribution is 5.76. The number of carbonyl (C=O) groups is 1. The second kappa shape index (κ2) is 10.4. The number of aryl methyl sites for hydroxylation is 1. The van der Waals surface area contributed by atoms with Gasteiger partial charge in [-0.15, -0.1) is 0 Å². The van der Waals surface area contributed by atoms with Crippen molar-refractivity contribution in [3.63, 3.8) is 0 Å². The maximum Gasteiger partial charge on any atom is 0.227 e. The Morgan fingerprint density at radius 3 is 2.29 bits per heavy atom. The molecule has 1 heterocycles. The van der Waals surface area contributed by atoms with E-state index in [0.717, 1.165) is 12.1 Å². The van der Waals surface area contributed by atoms with Gasteiger partial charge in [0.05, 0.1) is 0 Å². The normalized spacial score (nSPS) is 11.8. The third-order valence-corrected chi connectivity index (χ3v) is 4.89. The van der Waals surface area contributed by atoms with E-state index in [-0.39, 0.29) is 5.91 Å². The quantitative estimate of drug-likeness (QED) is 0.667. The van der Waals surface area contributed by atoms with E-state index < -0.39 is 0 Å². The topological polar surface area (TPSA) is 71.3 Å². The first-order valence-corrected chi connectivity index (χ1v) is 10.2. The van der Waals surface area contributed by atoms with E-state index >= 15 is 0 Å². The lowest BCUT2D eigenvalue weighted by Gasteiger charge is -2.30. The zero-order chi connectivity index (χ0) is 20.7. The lowest BCUT2D eigenvalue weighted by Crippen LogP contribution is -2.42. The van der Waals surface area contributed by atoms with Crippen molar-refractivity contribution in [2.45, 2.75) is 72.4 Å². The van der Waals surface area contributed by atoms with E-state index in [4.69, 9.17) is 4.52 Å². The van der Waals surface area contributed by atoms with E-state index in [1.807, 2.05) is 12.1 Å². The summed E-state index contributed by atoms with van der Waals surface area (Å²) >= 11 is 0. The summed E-state index contributed by atoms with van der Waals surface area (Å²) in [6.07, 6.45) is 0.790. The number of benzene rings is 1. The fourth-order valence-corrected chi connectivity index (χ4v) is 3.24. The van der Waals surface area contributed by atoms with Gasteiger partial charge in [0.25, 0.3) is 0 Å². The van der Waals surface area contributed by atoms with Crippen LogP contribution in [-0.4, -0.2) is 46.1 Å². The van der Waals surface area contributed by atoms with E-state index in [1.165, 1.54) is 5.56 Å². The lowest BCUT2D eigenvalue weighted by molar-refractivity contribution is -0.121. The molecule has 0 aliphatic rings. The summed E-state index contributed by atoms with van der Waals surface area (Å²) in [6.45, 7) is 14.5. The number of hydrogen-bond acceptors (Lipinski definition) is 5. The molecule has 0 aliphatic heterocycles. The van der Waals surface area contributed by atoms with Gasteiger partial charge in [-0.3, -0.25) is 9.69 Å². The number of nitrogens with one attached hydrogen (secondary N) is 1. The fraction of sp³-hybridized carbons (Fsp3) is 0.591. The molecule has 28 heavy (non-hydrogen) atoms. The SMILES string of the molecule is CC(C)c1ccc(-c2noc(CCC(=O)NCCN(C(C)C)C(C)C)n2)cc1. The fourth-order valence-electron chi connectivity index (χ4n) is 3.24. The number of amides is 1. The second-order valence-corrected chi connectivity index (χ2v) is 8.06. The maximum absolute atomic E-state index is 12.1. The average molecular weight is 387 g/mol. The molecule has 2 aromatic rings. The molecule has 1 aromatic heterocycles. The van der Waals surface area contributed by atoms with Gasteiger partial charge in [-0.05, 0) is 39.2 Å². The zero-order valence-electron chi connectivity index (χ0n) is 18.0. The van der Waals surface area contributed by atoms with Gasteiger partial charge < -0.3 is 9.84 Å². The molecule has 0 saturated heterocycles. The largest absolute Gasteiger partial charge is 0.355 e. The average Bonchev–Trinajstić information content (AvgIpc) is 3.12. The maximum atomic E-state index is 12.1. The second-order valence-electron chi connectivity index (χ2n) is 8.06. The van der Waals surface area contributed by atoms with Crippen molar-refractivity contribution in [2.75, 3.05) is 13.1 Å². The number of nitrogens with zero attached hydrogens (tertiary/aromatic N) is 3. The van der Waals surface area contributed by atoms with Crippen LogP contribution < -0.4 is 5.32 Å². The summed E-state index contributed by atoms with van der Waals surface area (Å²) in [6, 6.07) is 9.10. The van der Waals surface area contributed by atoms with Gasteiger partial charge in [0, 0.05) is 43.6 Å². The Morgan fingerprint density at radius 2 is 1.71 bits per heavy atom. The molecule has 1 amide bonds. The molecule has 0 bridgehead atoms. The number of hydrogen-bond donors (Lipinski definition) is 1. The molecule has 0 aliphatic carbocycles. The van der Waals surface area contributed by atoms with E-state index in [2.05, 4.69) is 74.0 Å². The first-order chi connectivity index (χ1) is 13.3. The van der Waals surface area contributed by atoms with Crippen LogP contribution in [0.15, 0.2) is 28.8 Å². The minimum Gasteiger partial charge on any atom is -0.355 e. The number of aromatic nitrogens is 2. The first-order valence-electron chi connectivity index (χ1n) is 10.2. The van der Waals surface area contributed by atoms with E-state index in [9.17, 15) is 4.79 Å². The van der Waals surface area contributed by atoms with Crippen molar-refractivity contribution in [3.05, 3.63) is 35.7 Å². The summed E-state index contributed by atoms with van der Waals surface area (Å²) in [5.41, 5.74) is 2.20. The molecule has 0 atom stereocenters. The third-order valence-electron chi connectivity index (χ3n) is 4.89. The van der Waals surface area contributed by atoms with Gasteiger partial charge >= 0.3 is 0 Å². The molecule has 2 rings (SSSR count). The summed E-state index contributed by atoms with van der Waals surface area (Å²) in [7, 11) is 0. The third kappa shape index (κ3) is 6.44. The molecule has 1 aromatic carbocycles. The molecule has 154 valence electrons. The van der Waals surface area contributed by atoms with Crippen LogP contribution in [0.3, 0.4) is 0 Å². The number of carbonyl (C=O) groups excluding carboxylic acids is 1. The standard InChI is InChI=1S/C22H34N4O2/c1-15(2)18-7-9-19(10-8-18)22-24-21(28-25-22)12-11-20(27)23-13-14-26(16(3)4)17(5)6/h7-10,15-17H,11-14H2,1-6H3,(H,23,27). The van der Waals surface area contributed by atoms with Gasteiger partial charge in [0.15, 0.2) is 0 Å². The summed E-state index contributed by atoms with van der Waals surface area (Å²) in [5.74, 6) is 1.55. The number of rotatable bonds is 10. The van der Waals surface area contributed by atoms with Crippen molar-refractivity contribution in [1.82, 2.24) is 20.4 Å². The molecule has 0 spiro atoms. The van der Waals surface area contributed by atoms with Gasteiger partial charge in [0.1, 0.15) is 0 Å². The first kappa shape index (κ1) is 22.1. The molecule has 0 fully saturated rings. The Kier molecular flexibility index (Phi) is 8.18. The van der Waals surface area contributed by atoms with Gasteiger partial charge in [-0.2, -0.15) is 4.98 Å². The van der Waals surface area contributed by atoms with Crippen molar-refractivity contribution in [2.24, 2.45) is 0 Å². The van der Waals surface area contributed by atoms with E-state index in [1.54, 1.807) is 0 Å². The van der Waals surface area contributed by atoms with Gasteiger partial charge in [-0.25, -0.2) is 0 Å². The van der Waals surface area contributed by atoms with Crippen LogP contribution in [0, 0.1) is 0 Å². The van der Waals surface area contributed by atoms with Crippen LogP contribution in [0.1, 0.15) is 65.3 Å². The minimum atomic E-state index is 0.00787. The Hall–Kier alpha value is -2.21. The lowest BCUT2D eigenvalue weighted by atomic mass is 10.0. The van der Waals surface area contributed by atoms with E-state index in [0.29, 0.717) is 49.1 Å². The van der Waals surface area contributed by atoms with Crippen LogP contribution in [0.5, 0.6) is 0 Å². The summed E-state index contributed by atoms with van der Waals surface area (Å²) in [5, 5.41) is 7.02. The van der Waals surface area contributed by atoms with Crippen LogP contribution in [0.25, 0.3) is 11.4 Å². The minimum absolute atomic E-state index is 0.00787. The van der Waals surface area contributed by atoms with Crippen LogP contribution in [0.2, 0.25) is 0 Å². The van der Waals surface area contributed by atoms with Crippen molar-refractivity contribution in [1.29, 1.82) is 0 Å². The highest BCUT2D eigenvalue weighted by Gasteiger charge is 2.14. The highest BCUT2D eigenvalue weighted by atomic mass is 16.5. The van der Waals surface area contributed by atoms with Crippen LogP contribution in [-0.2, 0) is 11.2 Å². The smallest absolute Gasteiger partial charge is 0.227 e. The predicted octanol–water partition coefficient (Wildman–Crippen LogP) is 4.03.